The van der Waals surface area contributed by atoms with Gasteiger partial charge in [-0.05, 0) is 56.3 Å². The molecule has 3 rings (SSSR count). The first kappa shape index (κ1) is 12.7. The molecule has 1 saturated carbocycles. The molecule has 0 amide bonds. The van der Waals surface area contributed by atoms with Crippen molar-refractivity contribution in [2.75, 3.05) is 6.54 Å². The van der Waals surface area contributed by atoms with Crippen molar-refractivity contribution in [1.29, 1.82) is 0 Å². The number of benzene rings is 1. The van der Waals surface area contributed by atoms with Crippen molar-refractivity contribution in [3.63, 3.8) is 0 Å². The molecule has 19 heavy (non-hydrogen) atoms. The molecule has 3 heteroatoms. The van der Waals surface area contributed by atoms with Crippen LogP contribution >= 0.6 is 0 Å². The van der Waals surface area contributed by atoms with Crippen LogP contribution in [0.1, 0.15) is 37.6 Å². The molecule has 1 aromatic heterocycles. The van der Waals surface area contributed by atoms with E-state index < -0.39 is 0 Å². The summed E-state index contributed by atoms with van der Waals surface area (Å²) >= 11 is 0. The maximum atomic E-state index is 4.81. The number of rotatable bonds is 6. The number of aromatic nitrogens is 2. The molecule has 2 aromatic rings. The number of nitrogens with one attached hydrogen (secondary N) is 1. The van der Waals surface area contributed by atoms with Crippen LogP contribution < -0.4 is 5.32 Å². The molecule has 1 N–H and O–H groups in total. The molecule has 0 aliphatic heterocycles. The van der Waals surface area contributed by atoms with E-state index in [0.29, 0.717) is 0 Å². The molecule has 0 spiro atoms. The zero-order chi connectivity index (χ0) is 13.2. The summed E-state index contributed by atoms with van der Waals surface area (Å²) in [4.78, 5) is 4.81. The van der Waals surface area contributed by atoms with Gasteiger partial charge in [0, 0.05) is 6.54 Å². The summed E-state index contributed by atoms with van der Waals surface area (Å²) in [6.07, 6.45) is 3.95. The topological polar surface area (TPSA) is 29.9 Å². The zero-order valence-electron chi connectivity index (χ0n) is 11.9. The average molecular weight is 257 g/mol. The molecule has 1 heterocycles. The van der Waals surface area contributed by atoms with Crippen molar-refractivity contribution in [2.24, 2.45) is 5.92 Å². The Morgan fingerprint density at radius 2 is 2.21 bits per heavy atom. The molecule has 0 bridgehead atoms. The summed E-state index contributed by atoms with van der Waals surface area (Å²) in [6.45, 7) is 7.45. The van der Waals surface area contributed by atoms with Crippen LogP contribution in [0.2, 0.25) is 0 Å². The molecule has 1 aromatic carbocycles. The third kappa shape index (κ3) is 2.81. The standard InChI is InChI=1S/C16H23N3/c1-3-8-19-15-7-4-12(2)9-14(15)18-16(19)11-17-10-13-5-6-13/h4,7,9,13,17H,3,5-6,8,10-11H2,1-2H3. The van der Waals surface area contributed by atoms with Crippen molar-refractivity contribution < 1.29 is 0 Å². The summed E-state index contributed by atoms with van der Waals surface area (Å²) in [5, 5.41) is 3.55. The molecular weight excluding hydrogens is 234 g/mol. The van der Waals surface area contributed by atoms with Crippen LogP contribution in [-0.4, -0.2) is 16.1 Å². The third-order valence-electron chi connectivity index (χ3n) is 3.84. The van der Waals surface area contributed by atoms with Crippen molar-refractivity contribution in [3.8, 4) is 0 Å². The van der Waals surface area contributed by atoms with Crippen LogP contribution in [0.5, 0.6) is 0 Å². The lowest BCUT2D eigenvalue weighted by atomic mass is 10.2. The number of aryl methyl sites for hydroxylation is 2. The van der Waals surface area contributed by atoms with E-state index in [0.717, 1.165) is 37.5 Å². The van der Waals surface area contributed by atoms with Gasteiger partial charge in [-0.25, -0.2) is 4.98 Å². The Morgan fingerprint density at radius 3 is 2.95 bits per heavy atom. The highest BCUT2D eigenvalue weighted by Gasteiger charge is 2.20. The van der Waals surface area contributed by atoms with Gasteiger partial charge in [0.05, 0.1) is 17.6 Å². The van der Waals surface area contributed by atoms with Gasteiger partial charge in [0.15, 0.2) is 0 Å². The summed E-state index contributed by atoms with van der Waals surface area (Å²) in [6, 6.07) is 6.57. The molecule has 3 nitrogen and oxygen atoms in total. The Bertz CT molecular complexity index is 567. The maximum Gasteiger partial charge on any atom is 0.123 e. The first-order valence-electron chi connectivity index (χ1n) is 7.44. The first-order valence-corrected chi connectivity index (χ1v) is 7.44. The second-order valence-electron chi connectivity index (χ2n) is 5.75. The first-order chi connectivity index (χ1) is 9.28. The summed E-state index contributed by atoms with van der Waals surface area (Å²) < 4.78 is 2.37. The van der Waals surface area contributed by atoms with Gasteiger partial charge < -0.3 is 9.88 Å². The van der Waals surface area contributed by atoms with E-state index in [2.05, 4.69) is 41.9 Å². The molecular formula is C16H23N3. The largest absolute Gasteiger partial charge is 0.327 e. The Morgan fingerprint density at radius 1 is 1.37 bits per heavy atom. The minimum absolute atomic E-state index is 0.893. The van der Waals surface area contributed by atoms with Crippen molar-refractivity contribution >= 4 is 11.0 Å². The van der Waals surface area contributed by atoms with Crippen LogP contribution in [0.3, 0.4) is 0 Å². The minimum Gasteiger partial charge on any atom is -0.327 e. The summed E-state index contributed by atoms with van der Waals surface area (Å²) in [5.74, 6) is 2.11. The highest BCUT2D eigenvalue weighted by Crippen LogP contribution is 2.27. The third-order valence-corrected chi connectivity index (χ3v) is 3.84. The average Bonchev–Trinajstić information content (AvgIpc) is 3.14. The van der Waals surface area contributed by atoms with Gasteiger partial charge >= 0.3 is 0 Å². The van der Waals surface area contributed by atoms with E-state index in [4.69, 9.17) is 4.98 Å². The van der Waals surface area contributed by atoms with Crippen LogP contribution in [0.15, 0.2) is 18.2 Å². The van der Waals surface area contributed by atoms with Gasteiger partial charge in [-0.1, -0.05) is 13.0 Å². The number of hydrogen-bond acceptors (Lipinski definition) is 2. The van der Waals surface area contributed by atoms with Gasteiger partial charge in [0.25, 0.3) is 0 Å². The second-order valence-corrected chi connectivity index (χ2v) is 5.75. The van der Waals surface area contributed by atoms with Crippen molar-refractivity contribution in [1.82, 2.24) is 14.9 Å². The van der Waals surface area contributed by atoms with Gasteiger partial charge in [0.2, 0.25) is 0 Å². The van der Waals surface area contributed by atoms with Gasteiger partial charge in [0.1, 0.15) is 5.82 Å². The lowest BCUT2D eigenvalue weighted by Crippen LogP contribution is -2.19. The molecule has 0 atom stereocenters. The van der Waals surface area contributed by atoms with E-state index in [1.54, 1.807) is 0 Å². The fraction of sp³-hybridized carbons (Fsp3) is 0.562. The molecule has 1 fully saturated rings. The van der Waals surface area contributed by atoms with Crippen LogP contribution in [0, 0.1) is 12.8 Å². The van der Waals surface area contributed by atoms with E-state index >= 15 is 0 Å². The van der Waals surface area contributed by atoms with E-state index in [9.17, 15) is 0 Å². The number of nitrogens with zero attached hydrogens (tertiary/aromatic N) is 2. The molecule has 102 valence electrons. The Hall–Kier alpha value is -1.35. The lowest BCUT2D eigenvalue weighted by Gasteiger charge is -2.08. The van der Waals surface area contributed by atoms with Gasteiger partial charge in [-0.2, -0.15) is 0 Å². The highest BCUT2D eigenvalue weighted by molar-refractivity contribution is 5.76. The smallest absolute Gasteiger partial charge is 0.123 e. The van der Waals surface area contributed by atoms with Crippen LogP contribution in [-0.2, 0) is 13.1 Å². The number of imidazole rings is 1. The molecule has 1 aliphatic rings. The van der Waals surface area contributed by atoms with Gasteiger partial charge in [-0.15, -0.1) is 0 Å². The summed E-state index contributed by atoms with van der Waals surface area (Å²) in [5.41, 5.74) is 3.69. The SMILES string of the molecule is CCCn1c(CNCC2CC2)nc2cc(C)ccc21. The molecule has 1 aliphatic carbocycles. The number of fused-ring (bicyclic) bond motifs is 1. The zero-order valence-corrected chi connectivity index (χ0v) is 11.9. The number of hydrogen-bond donors (Lipinski definition) is 1. The normalized spacial score (nSPS) is 15.3. The predicted molar refractivity (Wildman–Crippen MR) is 79.2 cm³/mol. The van der Waals surface area contributed by atoms with Crippen LogP contribution in [0.4, 0.5) is 0 Å². The van der Waals surface area contributed by atoms with E-state index in [1.165, 1.54) is 29.7 Å². The molecule has 0 saturated heterocycles. The van der Waals surface area contributed by atoms with E-state index in [-0.39, 0.29) is 0 Å². The van der Waals surface area contributed by atoms with Crippen molar-refractivity contribution in [2.45, 2.75) is 46.2 Å². The fourth-order valence-electron chi connectivity index (χ4n) is 2.61. The Labute approximate surface area is 115 Å². The van der Waals surface area contributed by atoms with Gasteiger partial charge in [-0.3, -0.25) is 0 Å². The Balaban J connectivity index is 1.84. The van der Waals surface area contributed by atoms with Crippen molar-refractivity contribution in [3.05, 3.63) is 29.6 Å². The predicted octanol–water partition coefficient (Wildman–Crippen LogP) is 3.25. The molecule has 0 radical (unpaired) electrons. The maximum absolute atomic E-state index is 4.81. The molecule has 0 unspecified atom stereocenters. The lowest BCUT2D eigenvalue weighted by molar-refractivity contribution is 0.579. The fourth-order valence-corrected chi connectivity index (χ4v) is 2.61. The minimum atomic E-state index is 0.893. The summed E-state index contributed by atoms with van der Waals surface area (Å²) in [7, 11) is 0. The Kier molecular flexibility index (Phi) is 3.56. The quantitative estimate of drug-likeness (QED) is 0.861. The monoisotopic (exact) mass is 257 g/mol. The van der Waals surface area contributed by atoms with E-state index in [1.807, 2.05) is 0 Å². The highest BCUT2D eigenvalue weighted by atomic mass is 15.1. The second kappa shape index (κ2) is 5.33. The van der Waals surface area contributed by atoms with Crippen LogP contribution in [0.25, 0.3) is 11.0 Å².